The van der Waals surface area contributed by atoms with Gasteiger partial charge >= 0.3 is 12.4 Å². The van der Waals surface area contributed by atoms with Crippen molar-refractivity contribution in [1.29, 1.82) is 0 Å². The largest absolute Gasteiger partial charge is 0.433 e. The number of anilines is 1. The first kappa shape index (κ1) is 28.2. The molecule has 0 radical (unpaired) electrons. The number of aromatic nitrogens is 2. The van der Waals surface area contributed by atoms with Crippen LogP contribution in [0.5, 0.6) is 0 Å². The monoisotopic (exact) mass is 534 g/mol. The minimum atomic E-state index is -4.84. The quantitative estimate of drug-likeness (QED) is 0.343. The number of carbonyl (C=O) groups is 3. The number of nitrogens with zero attached hydrogens (tertiary/aromatic N) is 2. The van der Waals surface area contributed by atoms with Crippen molar-refractivity contribution in [1.82, 2.24) is 14.9 Å². The first-order chi connectivity index (χ1) is 17.0. The Kier molecular flexibility index (Phi) is 7.46. The summed E-state index contributed by atoms with van der Waals surface area (Å²) in [6, 6.07) is 1.85. The van der Waals surface area contributed by atoms with Gasteiger partial charge in [0.2, 0.25) is 0 Å². The van der Waals surface area contributed by atoms with E-state index in [4.69, 9.17) is 4.74 Å². The molecule has 1 fully saturated rings. The first-order valence-corrected chi connectivity index (χ1v) is 11.0. The lowest BCUT2D eigenvalue weighted by molar-refractivity contribution is -0.216. The summed E-state index contributed by atoms with van der Waals surface area (Å²) in [7, 11) is 1.34. The molecular formula is C23H24F6N4O4. The van der Waals surface area contributed by atoms with E-state index in [9.17, 15) is 40.7 Å². The van der Waals surface area contributed by atoms with Gasteiger partial charge in [-0.25, -0.2) is 4.98 Å². The van der Waals surface area contributed by atoms with Crippen molar-refractivity contribution in [2.75, 3.05) is 18.5 Å². The van der Waals surface area contributed by atoms with Crippen molar-refractivity contribution >= 4 is 23.3 Å². The van der Waals surface area contributed by atoms with Crippen LogP contribution in [-0.2, 0) is 22.8 Å². The molecule has 2 aromatic rings. The van der Waals surface area contributed by atoms with Crippen LogP contribution < -0.4 is 10.6 Å². The van der Waals surface area contributed by atoms with Crippen molar-refractivity contribution in [3.05, 3.63) is 46.0 Å². The number of halogens is 6. The van der Waals surface area contributed by atoms with Gasteiger partial charge in [0.25, 0.3) is 17.6 Å². The second kappa shape index (κ2) is 9.80. The smallest absolute Gasteiger partial charge is 0.381 e. The molecule has 14 heteroatoms. The maximum Gasteiger partial charge on any atom is 0.433 e. The van der Waals surface area contributed by atoms with Crippen LogP contribution in [0.2, 0.25) is 0 Å². The number of nitrogens with one attached hydrogen (secondary N) is 2. The van der Waals surface area contributed by atoms with Crippen LogP contribution in [0.4, 0.5) is 32.0 Å². The maximum atomic E-state index is 13.8. The molecule has 3 rings (SSSR count). The van der Waals surface area contributed by atoms with Crippen molar-refractivity contribution in [3.63, 3.8) is 0 Å². The molecule has 1 aliphatic heterocycles. The lowest BCUT2D eigenvalue weighted by Gasteiger charge is -2.39. The molecule has 2 aromatic heterocycles. The average Bonchev–Trinajstić information content (AvgIpc) is 3.00. The third-order valence-corrected chi connectivity index (χ3v) is 6.32. The van der Waals surface area contributed by atoms with Gasteiger partial charge in [-0.15, -0.1) is 0 Å². The summed E-state index contributed by atoms with van der Waals surface area (Å²) in [6.45, 7) is 3.53. The molecule has 0 bridgehead atoms. The van der Waals surface area contributed by atoms with Crippen LogP contribution in [-0.4, -0.2) is 52.1 Å². The van der Waals surface area contributed by atoms with Gasteiger partial charge in [0.1, 0.15) is 11.2 Å². The van der Waals surface area contributed by atoms with Gasteiger partial charge in [0.05, 0.1) is 11.3 Å². The Morgan fingerprint density at radius 3 is 2.16 bits per heavy atom. The summed E-state index contributed by atoms with van der Waals surface area (Å²) in [6.07, 6.45) is -10.7. The van der Waals surface area contributed by atoms with Crippen molar-refractivity contribution in [2.45, 2.75) is 51.5 Å². The zero-order valence-electron chi connectivity index (χ0n) is 20.3. The van der Waals surface area contributed by atoms with Crippen molar-refractivity contribution < 1.29 is 45.5 Å². The van der Waals surface area contributed by atoms with Gasteiger partial charge in [0.15, 0.2) is 0 Å². The van der Waals surface area contributed by atoms with Gasteiger partial charge in [-0.1, -0.05) is 0 Å². The number of alkyl halides is 6. The SMILES string of the molecule is Cc1cc(NC(=O)c2c(C)c(C(=O)C(=O)NC3(C(F)(F)F)CCOCC3)n(C)c2C)cc(C(F)(F)F)n1. The van der Waals surface area contributed by atoms with Gasteiger partial charge in [-0.2, -0.15) is 26.3 Å². The van der Waals surface area contributed by atoms with Crippen LogP contribution >= 0.6 is 0 Å². The maximum absolute atomic E-state index is 13.8. The van der Waals surface area contributed by atoms with E-state index in [2.05, 4.69) is 10.3 Å². The Labute approximate surface area is 207 Å². The Morgan fingerprint density at radius 1 is 1.03 bits per heavy atom. The summed E-state index contributed by atoms with van der Waals surface area (Å²) in [5, 5.41) is 4.16. The highest BCUT2D eigenvalue weighted by Crippen LogP contribution is 2.38. The Morgan fingerprint density at radius 2 is 1.62 bits per heavy atom. The number of rotatable bonds is 5. The van der Waals surface area contributed by atoms with Crippen molar-refractivity contribution in [3.8, 4) is 0 Å². The standard InChI is InChI=1S/C23H24F6N4O4/c1-11-9-14(10-15(30-11)22(24,25)26)31-19(35)16-12(2)17(33(4)13(16)3)18(34)20(36)32-21(23(27,28)29)5-7-37-8-6-21/h9-10H,5-8H2,1-4H3,(H,32,36)(H,30,31,35). The predicted octanol–water partition coefficient (Wildman–Crippen LogP) is 4.03. The Balaban J connectivity index is 1.91. The molecular weight excluding hydrogens is 510 g/mol. The summed E-state index contributed by atoms with van der Waals surface area (Å²) in [5.74, 6) is -3.68. The molecule has 37 heavy (non-hydrogen) atoms. The third kappa shape index (κ3) is 5.48. The number of aryl methyl sites for hydroxylation is 1. The molecule has 8 nitrogen and oxygen atoms in total. The van der Waals surface area contributed by atoms with E-state index in [1.165, 1.54) is 38.5 Å². The zero-order chi connectivity index (χ0) is 27.9. The fraction of sp³-hybridized carbons (Fsp3) is 0.478. The molecule has 0 aliphatic carbocycles. The molecule has 1 saturated heterocycles. The number of hydrogen-bond acceptors (Lipinski definition) is 5. The van der Waals surface area contributed by atoms with E-state index >= 15 is 0 Å². The fourth-order valence-electron chi connectivity index (χ4n) is 4.29. The number of ketones is 1. The molecule has 0 unspecified atom stereocenters. The lowest BCUT2D eigenvalue weighted by Crippen LogP contribution is -2.62. The minimum absolute atomic E-state index is 0.00845. The van der Waals surface area contributed by atoms with E-state index in [1.807, 2.05) is 5.32 Å². The van der Waals surface area contributed by atoms with E-state index < -0.39 is 54.0 Å². The Bertz CT molecular complexity index is 1240. The van der Waals surface area contributed by atoms with Gasteiger partial charge in [-0.05, 0) is 38.5 Å². The first-order valence-electron chi connectivity index (χ1n) is 11.0. The molecule has 2 amide bonds. The second-order valence-corrected chi connectivity index (χ2v) is 8.80. The van der Waals surface area contributed by atoms with Gasteiger partial charge in [-0.3, -0.25) is 14.4 Å². The predicted molar refractivity (Wildman–Crippen MR) is 118 cm³/mol. The van der Waals surface area contributed by atoms with Crippen LogP contribution in [0.1, 0.15) is 56.3 Å². The number of carbonyl (C=O) groups excluding carboxylic acids is 3. The van der Waals surface area contributed by atoms with E-state index in [0.29, 0.717) is 6.07 Å². The molecule has 202 valence electrons. The average molecular weight is 534 g/mol. The number of amides is 2. The molecule has 0 spiro atoms. The van der Waals surface area contributed by atoms with Gasteiger partial charge in [0, 0.05) is 50.2 Å². The van der Waals surface area contributed by atoms with Crippen LogP contribution in [0.15, 0.2) is 12.1 Å². The topological polar surface area (TPSA) is 102 Å². The highest BCUT2D eigenvalue weighted by Gasteiger charge is 2.56. The number of ether oxygens (including phenoxy) is 1. The molecule has 3 heterocycles. The minimum Gasteiger partial charge on any atom is -0.381 e. The summed E-state index contributed by atoms with van der Waals surface area (Å²) < 4.78 is 86.8. The molecule has 1 aliphatic rings. The highest BCUT2D eigenvalue weighted by molar-refractivity contribution is 6.43. The Hall–Kier alpha value is -3.42. The van der Waals surface area contributed by atoms with Crippen LogP contribution in [0, 0.1) is 20.8 Å². The summed E-state index contributed by atoms with van der Waals surface area (Å²) >= 11 is 0. The number of Topliss-reactive ketones (excluding diaryl/α,β-unsaturated/α-hetero) is 1. The van der Waals surface area contributed by atoms with Crippen LogP contribution in [0.25, 0.3) is 0 Å². The second-order valence-electron chi connectivity index (χ2n) is 8.80. The molecule has 0 aromatic carbocycles. The lowest BCUT2D eigenvalue weighted by atomic mass is 9.89. The van der Waals surface area contributed by atoms with Gasteiger partial charge < -0.3 is 19.9 Å². The zero-order valence-corrected chi connectivity index (χ0v) is 20.3. The van der Waals surface area contributed by atoms with E-state index in [1.54, 1.807) is 0 Å². The molecule has 0 saturated carbocycles. The summed E-state index contributed by atoms with van der Waals surface area (Å²) in [4.78, 5) is 42.0. The fourth-order valence-corrected chi connectivity index (χ4v) is 4.29. The summed E-state index contributed by atoms with van der Waals surface area (Å²) in [5.41, 5.74) is -4.36. The molecule has 2 N–H and O–H groups in total. The highest BCUT2D eigenvalue weighted by atomic mass is 19.4. The van der Waals surface area contributed by atoms with E-state index in [0.717, 1.165) is 0 Å². The van der Waals surface area contributed by atoms with Crippen molar-refractivity contribution in [2.24, 2.45) is 7.05 Å². The number of hydrogen-bond donors (Lipinski definition) is 2. The number of pyridine rings is 1. The molecule has 0 atom stereocenters. The normalized spacial score (nSPS) is 15.8. The van der Waals surface area contributed by atoms with Crippen LogP contribution in [0.3, 0.4) is 0 Å². The third-order valence-electron chi connectivity index (χ3n) is 6.32. The van der Waals surface area contributed by atoms with E-state index in [-0.39, 0.29) is 47.1 Å².